The fraction of sp³-hybridized carbons (Fsp3) is 0.889. The van der Waals surface area contributed by atoms with E-state index in [1.54, 1.807) is 0 Å². The summed E-state index contributed by atoms with van der Waals surface area (Å²) in [5, 5.41) is 14.7. The first-order chi connectivity index (χ1) is 6.45. The molecule has 0 aromatic carbocycles. The largest absolute Gasteiger partial charge is 0.409 e. The van der Waals surface area contributed by atoms with Gasteiger partial charge in [-0.15, -0.1) is 0 Å². The highest BCUT2D eigenvalue weighted by Crippen LogP contribution is 1.94. The highest BCUT2D eigenvalue weighted by Gasteiger charge is 2.09. The molecule has 0 saturated carbocycles. The van der Waals surface area contributed by atoms with Crippen LogP contribution < -0.4 is 11.1 Å². The first kappa shape index (κ1) is 13.2. The van der Waals surface area contributed by atoms with Gasteiger partial charge < -0.3 is 21.2 Å². The Labute approximate surface area is 86.0 Å². The smallest absolute Gasteiger partial charge is 0.140 e. The van der Waals surface area contributed by atoms with Gasteiger partial charge in [0.1, 0.15) is 5.84 Å². The third-order valence-corrected chi connectivity index (χ3v) is 1.85. The zero-order valence-corrected chi connectivity index (χ0v) is 9.49. The summed E-state index contributed by atoms with van der Waals surface area (Å²) in [7, 11) is 4.07. The zero-order valence-electron chi connectivity index (χ0n) is 9.49. The molecular weight excluding hydrogens is 180 g/mol. The number of amidine groups is 1. The Hall–Kier alpha value is -0.810. The molecule has 0 aromatic rings. The topological polar surface area (TPSA) is 73.9 Å². The number of likely N-dealkylation sites (N-methyl/N-ethyl adjacent to an activating group) is 1. The normalized spacial score (nSPS) is 17.1. The van der Waals surface area contributed by atoms with Crippen LogP contribution in [-0.4, -0.2) is 48.7 Å². The van der Waals surface area contributed by atoms with E-state index in [-0.39, 0.29) is 11.9 Å². The summed E-state index contributed by atoms with van der Waals surface area (Å²) in [6.45, 7) is 5.10. The number of hydrogen-bond acceptors (Lipinski definition) is 4. The molecule has 0 rings (SSSR count). The quantitative estimate of drug-likeness (QED) is 0.246. The van der Waals surface area contributed by atoms with Crippen molar-refractivity contribution in [3.63, 3.8) is 0 Å². The maximum absolute atomic E-state index is 8.39. The summed E-state index contributed by atoms with van der Waals surface area (Å²) in [5.41, 5.74) is 5.40. The standard InChI is InChI=1S/C9H22N4O/c1-7(5-9(10)12-14)11-8(2)6-13(3)4/h7-8,11,14H,5-6H2,1-4H3,(H2,10,12). The number of hydrogen-bond donors (Lipinski definition) is 3. The average Bonchev–Trinajstić information content (AvgIpc) is 2.01. The monoisotopic (exact) mass is 202 g/mol. The minimum Gasteiger partial charge on any atom is -0.409 e. The lowest BCUT2D eigenvalue weighted by molar-refractivity contribution is 0.312. The molecule has 14 heavy (non-hydrogen) atoms. The molecule has 0 amide bonds. The highest BCUT2D eigenvalue weighted by atomic mass is 16.4. The number of rotatable bonds is 6. The number of nitrogens with two attached hydrogens (primary N) is 1. The van der Waals surface area contributed by atoms with Gasteiger partial charge >= 0.3 is 0 Å². The van der Waals surface area contributed by atoms with E-state index in [4.69, 9.17) is 10.9 Å². The molecule has 5 heteroatoms. The molecule has 0 aromatic heterocycles. The Morgan fingerprint density at radius 2 is 2.00 bits per heavy atom. The van der Waals surface area contributed by atoms with Crippen LogP contribution in [0.2, 0.25) is 0 Å². The molecule has 0 bridgehead atoms. The third-order valence-electron chi connectivity index (χ3n) is 1.85. The van der Waals surface area contributed by atoms with E-state index >= 15 is 0 Å². The maximum Gasteiger partial charge on any atom is 0.140 e. The molecule has 0 radical (unpaired) electrons. The van der Waals surface area contributed by atoms with Gasteiger partial charge in [-0.05, 0) is 27.9 Å². The molecule has 0 heterocycles. The summed E-state index contributed by atoms with van der Waals surface area (Å²) in [4.78, 5) is 2.12. The Balaban J connectivity index is 3.76. The van der Waals surface area contributed by atoms with Crippen molar-refractivity contribution in [2.75, 3.05) is 20.6 Å². The zero-order chi connectivity index (χ0) is 11.1. The lowest BCUT2D eigenvalue weighted by Gasteiger charge is -2.22. The van der Waals surface area contributed by atoms with E-state index in [1.165, 1.54) is 0 Å². The van der Waals surface area contributed by atoms with Crippen molar-refractivity contribution in [2.45, 2.75) is 32.4 Å². The number of nitrogens with zero attached hydrogens (tertiary/aromatic N) is 2. The van der Waals surface area contributed by atoms with E-state index in [1.807, 2.05) is 21.0 Å². The summed E-state index contributed by atoms with van der Waals surface area (Å²) in [5.74, 6) is 0.266. The van der Waals surface area contributed by atoms with Gasteiger partial charge in [0.05, 0.1) is 0 Å². The molecule has 0 aliphatic carbocycles. The van der Waals surface area contributed by atoms with Crippen LogP contribution in [0.3, 0.4) is 0 Å². The van der Waals surface area contributed by atoms with Gasteiger partial charge in [0.2, 0.25) is 0 Å². The SMILES string of the molecule is CC(CC(N)=NO)NC(C)CN(C)C. The van der Waals surface area contributed by atoms with E-state index in [9.17, 15) is 0 Å². The minimum atomic E-state index is 0.223. The van der Waals surface area contributed by atoms with Gasteiger partial charge in [-0.25, -0.2) is 0 Å². The lowest BCUT2D eigenvalue weighted by atomic mass is 10.2. The number of oxime groups is 1. The van der Waals surface area contributed by atoms with Crippen molar-refractivity contribution in [1.29, 1.82) is 0 Å². The second-order valence-corrected chi connectivity index (χ2v) is 4.03. The molecule has 2 unspecified atom stereocenters. The molecule has 0 fully saturated rings. The Kier molecular flexibility index (Phi) is 6.23. The number of nitrogens with one attached hydrogen (secondary N) is 1. The van der Waals surface area contributed by atoms with Crippen molar-refractivity contribution < 1.29 is 5.21 Å². The molecule has 2 atom stereocenters. The molecule has 0 saturated heterocycles. The molecule has 4 N–H and O–H groups in total. The Morgan fingerprint density at radius 1 is 1.43 bits per heavy atom. The molecule has 84 valence electrons. The highest BCUT2D eigenvalue weighted by molar-refractivity contribution is 5.80. The van der Waals surface area contributed by atoms with Crippen molar-refractivity contribution >= 4 is 5.84 Å². The predicted octanol–water partition coefficient (Wildman–Crippen LogP) is 0.0511. The Bertz CT molecular complexity index is 182. The molecule has 0 aliphatic heterocycles. The fourth-order valence-electron chi connectivity index (χ4n) is 1.50. The van der Waals surface area contributed by atoms with Crippen LogP contribution in [0.4, 0.5) is 0 Å². The summed E-state index contributed by atoms with van der Waals surface area (Å²) >= 11 is 0. The van der Waals surface area contributed by atoms with Crippen molar-refractivity contribution in [2.24, 2.45) is 10.9 Å². The van der Waals surface area contributed by atoms with Crippen LogP contribution in [-0.2, 0) is 0 Å². The summed E-state index contributed by atoms with van der Waals surface area (Å²) < 4.78 is 0. The van der Waals surface area contributed by atoms with Gasteiger partial charge in [-0.3, -0.25) is 0 Å². The van der Waals surface area contributed by atoms with Crippen LogP contribution in [0.15, 0.2) is 5.16 Å². The van der Waals surface area contributed by atoms with Gasteiger partial charge in [0, 0.05) is 25.0 Å². The Morgan fingerprint density at radius 3 is 2.43 bits per heavy atom. The van der Waals surface area contributed by atoms with Crippen LogP contribution in [0, 0.1) is 0 Å². The maximum atomic E-state index is 8.39. The van der Waals surface area contributed by atoms with E-state index in [0.717, 1.165) is 6.54 Å². The minimum absolute atomic E-state index is 0.223. The molecular formula is C9H22N4O. The van der Waals surface area contributed by atoms with Crippen LogP contribution in [0.25, 0.3) is 0 Å². The summed E-state index contributed by atoms with van der Waals surface area (Å²) in [6.07, 6.45) is 0.564. The summed E-state index contributed by atoms with van der Waals surface area (Å²) in [6, 6.07) is 0.618. The van der Waals surface area contributed by atoms with Crippen LogP contribution in [0.5, 0.6) is 0 Å². The van der Waals surface area contributed by atoms with Crippen LogP contribution in [0.1, 0.15) is 20.3 Å². The molecule has 5 nitrogen and oxygen atoms in total. The van der Waals surface area contributed by atoms with E-state index < -0.39 is 0 Å². The van der Waals surface area contributed by atoms with E-state index in [0.29, 0.717) is 12.5 Å². The second kappa shape index (κ2) is 6.62. The van der Waals surface area contributed by atoms with Crippen molar-refractivity contribution in [3.8, 4) is 0 Å². The lowest BCUT2D eigenvalue weighted by Crippen LogP contribution is -2.42. The van der Waals surface area contributed by atoms with Gasteiger partial charge in [0.15, 0.2) is 0 Å². The van der Waals surface area contributed by atoms with Crippen molar-refractivity contribution in [3.05, 3.63) is 0 Å². The predicted molar refractivity (Wildman–Crippen MR) is 58.6 cm³/mol. The van der Waals surface area contributed by atoms with Crippen LogP contribution >= 0.6 is 0 Å². The first-order valence-electron chi connectivity index (χ1n) is 4.83. The second-order valence-electron chi connectivity index (χ2n) is 4.03. The molecule has 0 aliphatic rings. The fourth-order valence-corrected chi connectivity index (χ4v) is 1.50. The van der Waals surface area contributed by atoms with Gasteiger partial charge in [-0.2, -0.15) is 0 Å². The first-order valence-corrected chi connectivity index (χ1v) is 4.83. The van der Waals surface area contributed by atoms with E-state index in [2.05, 4.69) is 22.3 Å². The third kappa shape index (κ3) is 6.68. The van der Waals surface area contributed by atoms with Crippen molar-refractivity contribution in [1.82, 2.24) is 10.2 Å². The average molecular weight is 202 g/mol. The molecule has 0 spiro atoms. The van der Waals surface area contributed by atoms with Gasteiger partial charge in [-0.1, -0.05) is 5.16 Å². The van der Waals surface area contributed by atoms with Gasteiger partial charge in [0.25, 0.3) is 0 Å².